The van der Waals surface area contributed by atoms with Gasteiger partial charge in [-0.15, -0.1) is 0 Å². The summed E-state index contributed by atoms with van der Waals surface area (Å²) in [6.07, 6.45) is 6.84. The number of nitrogens with zero attached hydrogens (tertiary/aromatic N) is 2. The van der Waals surface area contributed by atoms with E-state index in [9.17, 15) is 19.2 Å². The molecule has 182 valence electrons. The van der Waals surface area contributed by atoms with Gasteiger partial charge in [-0.3, -0.25) is 24.1 Å². The molecule has 2 aliphatic heterocycles. The molecular formula is C24H27Cl2N3O4S. The standard InChI is InChI=1S/C24H27Cl2N3O4S/c25-17-5-6-18(19(26)13-17)22(31)28-11-8-16(9-12-28)21-23(32)29(24(33)34-21)14-20(30)27-10-7-15-3-1-2-4-15/h5-6,13,15H,1-4,7-12,14H2,(H,27,30). The second kappa shape index (κ2) is 11.1. The van der Waals surface area contributed by atoms with Gasteiger partial charge in [-0.2, -0.15) is 0 Å². The second-order valence-corrected chi connectivity index (χ2v) is 10.7. The molecule has 0 atom stereocenters. The molecule has 2 heterocycles. The lowest BCUT2D eigenvalue weighted by atomic mass is 10.0. The van der Waals surface area contributed by atoms with E-state index < -0.39 is 11.1 Å². The van der Waals surface area contributed by atoms with Crippen LogP contribution >= 0.6 is 35.0 Å². The van der Waals surface area contributed by atoms with Gasteiger partial charge in [0, 0.05) is 24.7 Å². The molecule has 7 nitrogen and oxygen atoms in total. The number of carbonyl (C=O) groups is 4. The van der Waals surface area contributed by atoms with Crippen molar-refractivity contribution in [2.24, 2.45) is 5.92 Å². The van der Waals surface area contributed by atoms with Gasteiger partial charge >= 0.3 is 0 Å². The first kappa shape index (κ1) is 25.1. The maximum Gasteiger partial charge on any atom is 0.294 e. The van der Waals surface area contributed by atoms with E-state index in [-0.39, 0.29) is 18.4 Å². The van der Waals surface area contributed by atoms with E-state index in [1.165, 1.54) is 31.7 Å². The number of benzene rings is 1. The van der Waals surface area contributed by atoms with Crippen molar-refractivity contribution in [2.75, 3.05) is 26.2 Å². The zero-order valence-electron chi connectivity index (χ0n) is 18.8. The fraction of sp³-hybridized carbons (Fsp3) is 0.500. The van der Waals surface area contributed by atoms with Gasteiger partial charge in [-0.05, 0) is 60.7 Å². The Morgan fingerprint density at radius 1 is 1.09 bits per heavy atom. The average Bonchev–Trinajstić information content (AvgIpc) is 3.43. The van der Waals surface area contributed by atoms with Gasteiger partial charge in [0.25, 0.3) is 17.1 Å². The normalized spacial score (nSPS) is 19.4. The monoisotopic (exact) mass is 523 g/mol. The van der Waals surface area contributed by atoms with Crippen molar-refractivity contribution in [3.8, 4) is 0 Å². The third-order valence-electron chi connectivity index (χ3n) is 6.64. The number of halogens is 2. The summed E-state index contributed by atoms with van der Waals surface area (Å²) in [4.78, 5) is 53.5. The zero-order chi connectivity index (χ0) is 24.2. The van der Waals surface area contributed by atoms with Crippen molar-refractivity contribution in [1.82, 2.24) is 15.1 Å². The van der Waals surface area contributed by atoms with Crippen LogP contribution in [0.15, 0.2) is 28.7 Å². The molecule has 1 saturated carbocycles. The highest BCUT2D eigenvalue weighted by Crippen LogP contribution is 2.36. The Morgan fingerprint density at radius 2 is 1.79 bits per heavy atom. The van der Waals surface area contributed by atoms with Gasteiger partial charge in [-0.25, -0.2) is 0 Å². The zero-order valence-corrected chi connectivity index (χ0v) is 21.1. The van der Waals surface area contributed by atoms with Crippen LogP contribution in [0.25, 0.3) is 0 Å². The highest BCUT2D eigenvalue weighted by molar-refractivity contribution is 8.18. The smallest absolute Gasteiger partial charge is 0.294 e. The van der Waals surface area contributed by atoms with E-state index in [1.807, 2.05) is 0 Å². The van der Waals surface area contributed by atoms with Crippen molar-refractivity contribution in [1.29, 1.82) is 0 Å². The van der Waals surface area contributed by atoms with Crippen LogP contribution in [0.1, 0.15) is 55.3 Å². The summed E-state index contributed by atoms with van der Waals surface area (Å²) in [5.41, 5.74) is 1.23. The van der Waals surface area contributed by atoms with Crippen molar-refractivity contribution in [3.05, 3.63) is 44.3 Å². The summed E-state index contributed by atoms with van der Waals surface area (Å²) in [6.45, 7) is 1.15. The summed E-state index contributed by atoms with van der Waals surface area (Å²) in [5.74, 6) is -0.262. The Bertz CT molecular complexity index is 1030. The number of likely N-dealkylation sites (tertiary alicyclic amines) is 1. The molecule has 2 saturated heterocycles. The molecule has 0 aromatic heterocycles. The van der Waals surface area contributed by atoms with Gasteiger partial charge in [0.2, 0.25) is 5.91 Å². The molecule has 1 aliphatic carbocycles. The minimum absolute atomic E-state index is 0.192. The number of piperidine rings is 1. The lowest BCUT2D eigenvalue weighted by Gasteiger charge is -2.29. The van der Waals surface area contributed by atoms with Crippen molar-refractivity contribution in [2.45, 2.75) is 44.9 Å². The third-order valence-corrected chi connectivity index (χ3v) is 8.25. The van der Waals surface area contributed by atoms with Gasteiger partial charge in [0.15, 0.2) is 0 Å². The quantitative estimate of drug-likeness (QED) is 0.537. The van der Waals surface area contributed by atoms with E-state index in [4.69, 9.17) is 23.2 Å². The van der Waals surface area contributed by atoms with Gasteiger partial charge in [-0.1, -0.05) is 48.9 Å². The summed E-state index contributed by atoms with van der Waals surface area (Å²) in [7, 11) is 0. The first-order chi connectivity index (χ1) is 16.3. The van der Waals surface area contributed by atoms with Crippen LogP contribution < -0.4 is 5.32 Å². The molecule has 3 fully saturated rings. The van der Waals surface area contributed by atoms with Crippen molar-refractivity contribution in [3.63, 3.8) is 0 Å². The first-order valence-electron chi connectivity index (χ1n) is 11.6. The summed E-state index contributed by atoms with van der Waals surface area (Å²) in [5, 5.41) is 3.17. The largest absolute Gasteiger partial charge is 0.355 e. The Kier molecular flexibility index (Phi) is 8.22. The van der Waals surface area contributed by atoms with Crippen LogP contribution in [0.3, 0.4) is 0 Å². The molecule has 0 bridgehead atoms. The Hall–Kier alpha value is -2.03. The lowest BCUT2D eigenvalue weighted by molar-refractivity contribution is -0.129. The van der Waals surface area contributed by atoms with Crippen LogP contribution in [-0.2, 0) is 9.59 Å². The van der Waals surface area contributed by atoms with Crippen molar-refractivity contribution < 1.29 is 19.2 Å². The summed E-state index contributed by atoms with van der Waals surface area (Å²) in [6, 6.07) is 4.76. The van der Waals surface area contributed by atoms with Crippen LogP contribution in [0.4, 0.5) is 4.79 Å². The third kappa shape index (κ3) is 5.78. The van der Waals surface area contributed by atoms with Crippen molar-refractivity contribution >= 4 is 57.9 Å². The molecule has 4 rings (SSSR count). The second-order valence-electron chi connectivity index (χ2n) is 8.90. The molecule has 34 heavy (non-hydrogen) atoms. The highest BCUT2D eigenvalue weighted by atomic mass is 35.5. The number of rotatable bonds is 6. The van der Waals surface area contributed by atoms with Crippen LogP contribution in [0, 0.1) is 5.92 Å². The molecule has 0 unspecified atom stereocenters. The van der Waals surface area contributed by atoms with Gasteiger partial charge < -0.3 is 10.2 Å². The van der Waals surface area contributed by atoms with E-state index in [2.05, 4.69) is 5.32 Å². The highest BCUT2D eigenvalue weighted by Gasteiger charge is 2.39. The molecule has 10 heteroatoms. The maximum absolute atomic E-state index is 12.9. The maximum atomic E-state index is 12.9. The number of imide groups is 1. The van der Waals surface area contributed by atoms with Crippen LogP contribution in [-0.4, -0.2) is 58.9 Å². The number of hydrogen-bond acceptors (Lipinski definition) is 5. The molecular weight excluding hydrogens is 497 g/mol. The molecule has 4 amide bonds. The number of amides is 4. The Balaban J connectivity index is 1.31. The number of thioether (sulfide) groups is 1. The molecule has 0 spiro atoms. The number of hydrogen-bond donors (Lipinski definition) is 1. The Morgan fingerprint density at radius 3 is 2.47 bits per heavy atom. The van der Waals surface area contributed by atoms with E-state index in [0.29, 0.717) is 58.9 Å². The fourth-order valence-corrected chi connectivity index (χ4v) is 6.17. The Labute approximate surface area is 213 Å². The predicted molar refractivity (Wildman–Crippen MR) is 133 cm³/mol. The molecule has 1 aromatic rings. The lowest BCUT2D eigenvalue weighted by Crippen LogP contribution is -2.40. The average molecular weight is 524 g/mol. The summed E-state index contributed by atoms with van der Waals surface area (Å²) >= 11 is 13.0. The topological polar surface area (TPSA) is 86.8 Å². The molecule has 0 radical (unpaired) electrons. The van der Waals surface area contributed by atoms with Crippen LogP contribution in [0.5, 0.6) is 0 Å². The number of carbonyl (C=O) groups excluding carboxylic acids is 4. The van der Waals surface area contributed by atoms with E-state index in [1.54, 1.807) is 17.0 Å². The minimum atomic E-state index is -0.426. The summed E-state index contributed by atoms with van der Waals surface area (Å²) < 4.78 is 0. The molecule has 1 aromatic carbocycles. The predicted octanol–water partition coefficient (Wildman–Crippen LogP) is 4.88. The molecule has 3 aliphatic rings. The fourth-order valence-electron chi connectivity index (χ4n) is 4.71. The van der Waals surface area contributed by atoms with Crippen LogP contribution in [0.2, 0.25) is 10.0 Å². The van der Waals surface area contributed by atoms with E-state index >= 15 is 0 Å². The van der Waals surface area contributed by atoms with Gasteiger partial charge in [0.05, 0.1) is 15.5 Å². The SMILES string of the molecule is O=C(CN1C(=O)SC(=C2CCN(C(=O)c3ccc(Cl)cc3Cl)CC2)C1=O)NCCC1CCCC1. The molecule has 1 N–H and O–H groups in total. The van der Waals surface area contributed by atoms with E-state index in [0.717, 1.165) is 28.7 Å². The first-order valence-corrected chi connectivity index (χ1v) is 13.2. The minimum Gasteiger partial charge on any atom is -0.355 e. The van der Waals surface area contributed by atoms with Gasteiger partial charge in [0.1, 0.15) is 6.54 Å². The number of nitrogens with one attached hydrogen (secondary N) is 1.